The van der Waals surface area contributed by atoms with E-state index in [-0.39, 0.29) is 0 Å². The van der Waals surface area contributed by atoms with Gasteiger partial charge in [-0.15, -0.1) is 11.8 Å². The molecule has 3 rings (SSSR count). The minimum absolute atomic E-state index is 0.561. The van der Waals surface area contributed by atoms with Crippen LogP contribution in [0.2, 0.25) is 0 Å². The zero-order chi connectivity index (χ0) is 14.5. The second-order valence-electron chi connectivity index (χ2n) is 5.58. The molecule has 0 amide bonds. The molecular weight excluding hydrogens is 276 g/mol. The second-order valence-corrected chi connectivity index (χ2v) is 6.46. The minimum Gasteiger partial charge on any atom is -0.381 e. The van der Waals surface area contributed by atoms with E-state index in [4.69, 9.17) is 0 Å². The molecule has 0 spiro atoms. The number of benzene rings is 2. The van der Waals surface area contributed by atoms with Gasteiger partial charge in [-0.05, 0) is 36.4 Å². The van der Waals surface area contributed by atoms with Crippen molar-refractivity contribution >= 4 is 17.4 Å². The van der Waals surface area contributed by atoms with Gasteiger partial charge in [0, 0.05) is 36.3 Å². The monoisotopic (exact) mass is 298 g/mol. The predicted molar refractivity (Wildman–Crippen MR) is 92.0 cm³/mol. The van der Waals surface area contributed by atoms with Gasteiger partial charge in [0.2, 0.25) is 0 Å². The fraction of sp³-hybridized carbons (Fsp3) is 0.333. The zero-order valence-electron chi connectivity index (χ0n) is 12.5. The van der Waals surface area contributed by atoms with Crippen molar-refractivity contribution in [2.45, 2.75) is 23.9 Å². The smallest absolute Gasteiger partial charge is 0.0400 e. The highest BCUT2D eigenvalue weighted by Gasteiger charge is 2.22. The summed E-state index contributed by atoms with van der Waals surface area (Å²) in [7, 11) is 0. The first-order valence-corrected chi connectivity index (χ1v) is 8.73. The third kappa shape index (κ3) is 4.02. The molecule has 0 saturated carbocycles. The predicted octanol–water partition coefficient (Wildman–Crippen LogP) is 4.09. The van der Waals surface area contributed by atoms with Gasteiger partial charge in [0.15, 0.2) is 0 Å². The zero-order valence-corrected chi connectivity index (χ0v) is 13.3. The molecule has 2 aromatic carbocycles. The number of nitrogens with one attached hydrogen (secondary N) is 1. The number of anilines is 1. The fourth-order valence-corrected chi connectivity index (χ4v) is 3.34. The molecule has 110 valence electrons. The lowest BCUT2D eigenvalue weighted by molar-refractivity contribution is 0.328. The Morgan fingerprint density at radius 2 is 2.00 bits per heavy atom. The summed E-state index contributed by atoms with van der Waals surface area (Å²) in [5, 5.41) is 3.68. The molecule has 1 aliphatic rings. The maximum absolute atomic E-state index is 3.68. The Morgan fingerprint density at radius 1 is 1.14 bits per heavy atom. The van der Waals surface area contributed by atoms with Crippen molar-refractivity contribution in [2.75, 3.05) is 24.7 Å². The van der Waals surface area contributed by atoms with Crippen molar-refractivity contribution in [1.82, 2.24) is 4.90 Å². The van der Waals surface area contributed by atoms with Gasteiger partial charge in [-0.2, -0.15) is 0 Å². The van der Waals surface area contributed by atoms with Crippen LogP contribution >= 0.6 is 11.8 Å². The number of hydrogen-bond acceptors (Lipinski definition) is 3. The van der Waals surface area contributed by atoms with Gasteiger partial charge in [0.1, 0.15) is 0 Å². The Hall–Kier alpha value is -1.45. The summed E-state index contributed by atoms with van der Waals surface area (Å²) < 4.78 is 0. The quantitative estimate of drug-likeness (QED) is 0.837. The Labute approximate surface area is 131 Å². The normalized spacial score (nSPS) is 18.8. The highest BCUT2D eigenvalue weighted by molar-refractivity contribution is 7.98. The van der Waals surface area contributed by atoms with E-state index in [1.54, 1.807) is 11.8 Å². The average molecular weight is 298 g/mol. The summed E-state index contributed by atoms with van der Waals surface area (Å²) in [6.45, 7) is 3.36. The van der Waals surface area contributed by atoms with Crippen LogP contribution in [0.25, 0.3) is 0 Å². The van der Waals surface area contributed by atoms with Gasteiger partial charge in [-0.3, -0.25) is 4.90 Å². The van der Waals surface area contributed by atoms with E-state index in [1.165, 1.54) is 29.1 Å². The first-order chi connectivity index (χ1) is 10.3. The largest absolute Gasteiger partial charge is 0.381 e. The standard InChI is InChI=1S/C18H22N2S/c1-21-18-9-5-8-16(12-18)19-17-10-11-20(14-17)13-15-6-3-2-4-7-15/h2-9,12,17,19H,10-11,13-14H2,1H3. The molecule has 1 heterocycles. The van der Waals surface area contributed by atoms with E-state index >= 15 is 0 Å². The Kier molecular flexibility index (Phi) is 4.84. The molecule has 0 radical (unpaired) electrons. The fourth-order valence-electron chi connectivity index (χ4n) is 2.88. The Balaban J connectivity index is 1.54. The van der Waals surface area contributed by atoms with Crippen LogP contribution in [0.1, 0.15) is 12.0 Å². The van der Waals surface area contributed by atoms with Gasteiger partial charge in [0.25, 0.3) is 0 Å². The lowest BCUT2D eigenvalue weighted by Crippen LogP contribution is -2.25. The number of hydrogen-bond donors (Lipinski definition) is 1. The number of rotatable bonds is 5. The average Bonchev–Trinajstić information content (AvgIpc) is 2.95. The van der Waals surface area contributed by atoms with Crippen LogP contribution in [0.4, 0.5) is 5.69 Å². The molecular formula is C18H22N2S. The van der Waals surface area contributed by atoms with Gasteiger partial charge in [-0.1, -0.05) is 36.4 Å². The first-order valence-electron chi connectivity index (χ1n) is 7.50. The van der Waals surface area contributed by atoms with E-state index < -0.39 is 0 Å². The highest BCUT2D eigenvalue weighted by atomic mass is 32.2. The van der Waals surface area contributed by atoms with Crippen LogP contribution < -0.4 is 5.32 Å². The minimum atomic E-state index is 0.561. The van der Waals surface area contributed by atoms with E-state index in [2.05, 4.69) is 71.1 Å². The summed E-state index contributed by atoms with van der Waals surface area (Å²) in [4.78, 5) is 3.85. The van der Waals surface area contributed by atoms with Gasteiger partial charge in [-0.25, -0.2) is 0 Å². The van der Waals surface area contributed by atoms with E-state index in [1.807, 2.05) is 0 Å². The molecule has 1 unspecified atom stereocenters. The first kappa shape index (κ1) is 14.5. The molecule has 3 heteroatoms. The highest BCUT2D eigenvalue weighted by Crippen LogP contribution is 2.22. The molecule has 1 aliphatic heterocycles. The van der Waals surface area contributed by atoms with E-state index in [9.17, 15) is 0 Å². The second kappa shape index (κ2) is 7.01. The maximum atomic E-state index is 3.68. The molecule has 0 aliphatic carbocycles. The van der Waals surface area contributed by atoms with Crippen LogP contribution in [0, 0.1) is 0 Å². The summed E-state index contributed by atoms with van der Waals surface area (Å²) in [5.74, 6) is 0. The van der Waals surface area contributed by atoms with Crippen molar-refractivity contribution < 1.29 is 0 Å². The third-order valence-corrected chi connectivity index (χ3v) is 4.69. The topological polar surface area (TPSA) is 15.3 Å². The molecule has 0 bridgehead atoms. The summed E-state index contributed by atoms with van der Waals surface area (Å²) in [5.41, 5.74) is 2.65. The summed E-state index contributed by atoms with van der Waals surface area (Å²) in [6, 6.07) is 20.0. The van der Waals surface area contributed by atoms with Crippen LogP contribution in [0.3, 0.4) is 0 Å². The Bertz CT molecular complexity index is 570. The van der Waals surface area contributed by atoms with Gasteiger partial charge >= 0.3 is 0 Å². The Morgan fingerprint density at radius 3 is 2.81 bits per heavy atom. The molecule has 2 aromatic rings. The summed E-state index contributed by atoms with van der Waals surface area (Å²) in [6.07, 6.45) is 3.34. The van der Waals surface area contributed by atoms with Crippen molar-refractivity contribution in [3.05, 3.63) is 60.2 Å². The molecule has 2 nitrogen and oxygen atoms in total. The molecule has 1 N–H and O–H groups in total. The number of thioether (sulfide) groups is 1. The summed E-state index contributed by atoms with van der Waals surface area (Å²) >= 11 is 1.79. The lowest BCUT2D eigenvalue weighted by Gasteiger charge is -2.17. The van der Waals surface area contributed by atoms with E-state index in [0.717, 1.165) is 13.1 Å². The van der Waals surface area contributed by atoms with Crippen molar-refractivity contribution in [3.8, 4) is 0 Å². The van der Waals surface area contributed by atoms with Crippen molar-refractivity contribution in [2.24, 2.45) is 0 Å². The van der Waals surface area contributed by atoms with Crippen LogP contribution in [-0.4, -0.2) is 30.3 Å². The molecule has 1 saturated heterocycles. The van der Waals surface area contributed by atoms with Crippen molar-refractivity contribution in [3.63, 3.8) is 0 Å². The lowest BCUT2D eigenvalue weighted by atomic mass is 10.2. The van der Waals surface area contributed by atoms with E-state index in [0.29, 0.717) is 6.04 Å². The SMILES string of the molecule is CSc1cccc(NC2CCN(Cc3ccccc3)C2)c1. The molecule has 1 fully saturated rings. The molecule has 1 atom stereocenters. The molecule has 21 heavy (non-hydrogen) atoms. The number of likely N-dealkylation sites (tertiary alicyclic amines) is 1. The van der Waals surface area contributed by atoms with Crippen LogP contribution in [0.5, 0.6) is 0 Å². The van der Waals surface area contributed by atoms with Crippen molar-refractivity contribution in [1.29, 1.82) is 0 Å². The van der Waals surface area contributed by atoms with Crippen LogP contribution in [0.15, 0.2) is 59.5 Å². The maximum Gasteiger partial charge on any atom is 0.0400 e. The van der Waals surface area contributed by atoms with Crippen LogP contribution in [-0.2, 0) is 6.54 Å². The number of nitrogens with zero attached hydrogens (tertiary/aromatic N) is 1. The van der Waals surface area contributed by atoms with Gasteiger partial charge < -0.3 is 5.32 Å². The molecule has 0 aromatic heterocycles. The van der Waals surface area contributed by atoms with Gasteiger partial charge in [0.05, 0.1) is 0 Å². The third-order valence-electron chi connectivity index (χ3n) is 3.96.